The van der Waals surface area contributed by atoms with E-state index in [1.807, 2.05) is 6.92 Å². The fourth-order valence-electron chi connectivity index (χ4n) is 1.64. The molecule has 0 saturated carbocycles. The van der Waals surface area contributed by atoms with Gasteiger partial charge in [0, 0.05) is 12.8 Å². The highest BCUT2D eigenvalue weighted by Crippen LogP contribution is 2.20. The van der Waals surface area contributed by atoms with Gasteiger partial charge in [0.2, 0.25) is 0 Å². The first-order valence-electron chi connectivity index (χ1n) is 5.92. The third-order valence-corrected chi connectivity index (χ3v) is 2.53. The standard InChI is InChI=1S/C12H18N2O3/c1-10(7-8-16-12(15)9-14-13)17-11-5-3-2-4-6-11/h5,9-10H,2-4,6-8H2,1H3/t10-/m1/s1. The lowest BCUT2D eigenvalue weighted by Crippen LogP contribution is -2.15. The normalized spacial score (nSPS) is 16.4. The van der Waals surface area contributed by atoms with Crippen molar-refractivity contribution < 1.29 is 19.1 Å². The van der Waals surface area contributed by atoms with Crippen LogP contribution in [0.5, 0.6) is 0 Å². The van der Waals surface area contributed by atoms with Gasteiger partial charge in [0.1, 0.15) is 0 Å². The Morgan fingerprint density at radius 2 is 2.47 bits per heavy atom. The van der Waals surface area contributed by atoms with Crippen LogP contribution < -0.4 is 0 Å². The summed E-state index contributed by atoms with van der Waals surface area (Å²) in [5.74, 6) is 0.406. The molecule has 1 aliphatic rings. The number of allylic oxidation sites excluding steroid dienone is 2. The van der Waals surface area contributed by atoms with Crippen LogP contribution in [0.2, 0.25) is 0 Å². The topological polar surface area (TPSA) is 71.9 Å². The van der Waals surface area contributed by atoms with Crippen LogP contribution >= 0.6 is 0 Å². The molecule has 17 heavy (non-hydrogen) atoms. The second kappa shape index (κ2) is 7.63. The molecule has 5 heteroatoms. The maximum atomic E-state index is 10.8. The van der Waals surface area contributed by atoms with E-state index in [9.17, 15) is 4.79 Å². The first-order chi connectivity index (χ1) is 8.22. The van der Waals surface area contributed by atoms with Gasteiger partial charge in [-0.15, -0.1) is 0 Å². The van der Waals surface area contributed by atoms with Crippen molar-refractivity contribution in [3.05, 3.63) is 17.4 Å². The molecule has 0 N–H and O–H groups in total. The van der Waals surface area contributed by atoms with Crippen molar-refractivity contribution in [2.75, 3.05) is 6.61 Å². The molecule has 0 fully saturated rings. The van der Waals surface area contributed by atoms with Gasteiger partial charge in [-0.2, -0.15) is 4.79 Å². The van der Waals surface area contributed by atoms with Gasteiger partial charge in [-0.05, 0) is 32.3 Å². The Hall–Kier alpha value is -1.61. The number of hydrogen-bond donors (Lipinski definition) is 0. The summed E-state index contributed by atoms with van der Waals surface area (Å²) in [4.78, 5) is 13.4. The Balaban J connectivity index is 2.16. The quantitative estimate of drug-likeness (QED) is 0.308. The molecule has 0 unspecified atom stereocenters. The molecule has 0 saturated heterocycles. The summed E-state index contributed by atoms with van der Waals surface area (Å²) in [6.07, 6.45) is 8.02. The second-order valence-corrected chi connectivity index (χ2v) is 4.05. The van der Waals surface area contributed by atoms with Crippen molar-refractivity contribution in [2.24, 2.45) is 0 Å². The number of hydrogen-bond acceptors (Lipinski definition) is 3. The highest BCUT2D eigenvalue weighted by Gasteiger charge is 2.10. The second-order valence-electron chi connectivity index (χ2n) is 4.05. The Labute approximate surface area is 101 Å². The summed E-state index contributed by atoms with van der Waals surface area (Å²) in [6, 6.07) is 0. The van der Waals surface area contributed by atoms with E-state index in [0.29, 0.717) is 6.42 Å². The minimum Gasteiger partial charge on any atom is -0.495 e. The van der Waals surface area contributed by atoms with Crippen molar-refractivity contribution in [1.82, 2.24) is 0 Å². The smallest absolute Gasteiger partial charge is 0.413 e. The average Bonchev–Trinajstić information content (AvgIpc) is 2.30. The van der Waals surface area contributed by atoms with E-state index in [1.165, 1.54) is 12.8 Å². The lowest BCUT2D eigenvalue weighted by atomic mass is 10.1. The van der Waals surface area contributed by atoms with E-state index < -0.39 is 5.97 Å². The molecule has 0 amide bonds. The van der Waals surface area contributed by atoms with Gasteiger partial charge in [-0.3, -0.25) is 0 Å². The number of esters is 1. The van der Waals surface area contributed by atoms with Crippen molar-refractivity contribution in [1.29, 1.82) is 0 Å². The maximum Gasteiger partial charge on any atom is 0.413 e. The van der Waals surface area contributed by atoms with Gasteiger partial charge >= 0.3 is 12.2 Å². The van der Waals surface area contributed by atoms with Gasteiger partial charge in [0.25, 0.3) is 0 Å². The molecule has 1 atom stereocenters. The van der Waals surface area contributed by atoms with Crippen LogP contribution in [-0.2, 0) is 14.3 Å². The zero-order valence-electron chi connectivity index (χ0n) is 10.1. The first kappa shape index (κ1) is 13.5. The van der Waals surface area contributed by atoms with E-state index in [4.69, 9.17) is 15.0 Å². The van der Waals surface area contributed by atoms with E-state index in [2.05, 4.69) is 10.9 Å². The molecule has 0 aliphatic heterocycles. The van der Waals surface area contributed by atoms with Gasteiger partial charge in [-0.1, -0.05) is 0 Å². The Morgan fingerprint density at radius 1 is 1.65 bits per heavy atom. The van der Waals surface area contributed by atoms with Crippen LogP contribution in [0.3, 0.4) is 0 Å². The molecular formula is C12H18N2O3. The van der Waals surface area contributed by atoms with Crippen molar-refractivity contribution in [2.45, 2.75) is 45.1 Å². The molecular weight excluding hydrogens is 220 g/mol. The SMILES string of the molecule is C[C@H](CCOC(=O)C=[N+]=[N-])OC1=CCCCC1. The molecule has 94 valence electrons. The molecule has 0 heterocycles. The maximum absolute atomic E-state index is 10.8. The highest BCUT2D eigenvalue weighted by molar-refractivity contribution is 6.20. The van der Waals surface area contributed by atoms with Crippen LogP contribution in [0, 0.1) is 0 Å². The molecule has 5 nitrogen and oxygen atoms in total. The summed E-state index contributed by atoms with van der Waals surface area (Å²) in [5.41, 5.74) is 8.10. The largest absolute Gasteiger partial charge is 0.495 e. The van der Waals surface area contributed by atoms with Gasteiger partial charge in [-0.25, -0.2) is 4.79 Å². The van der Waals surface area contributed by atoms with Crippen LogP contribution in [0.1, 0.15) is 39.0 Å². The predicted molar refractivity (Wildman–Crippen MR) is 62.4 cm³/mol. The minimum atomic E-state index is -0.642. The molecule has 0 aromatic heterocycles. The van der Waals surface area contributed by atoms with E-state index in [1.54, 1.807) is 0 Å². The van der Waals surface area contributed by atoms with E-state index in [-0.39, 0.29) is 12.7 Å². The van der Waals surface area contributed by atoms with Crippen molar-refractivity contribution in [3.63, 3.8) is 0 Å². The Morgan fingerprint density at radius 3 is 3.12 bits per heavy atom. The number of ether oxygens (including phenoxy) is 2. The lowest BCUT2D eigenvalue weighted by Gasteiger charge is -2.19. The average molecular weight is 238 g/mol. The van der Waals surface area contributed by atoms with Gasteiger partial charge in [0.05, 0.1) is 18.5 Å². The summed E-state index contributed by atoms with van der Waals surface area (Å²) in [6.45, 7) is 2.21. The number of carbonyl (C=O) groups excluding carboxylic acids is 1. The molecule has 0 spiro atoms. The monoisotopic (exact) mass is 238 g/mol. The van der Waals surface area contributed by atoms with Crippen LogP contribution in [0.15, 0.2) is 11.8 Å². The van der Waals surface area contributed by atoms with Gasteiger partial charge in [0.15, 0.2) is 0 Å². The Bertz CT molecular complexity index is 333. The summed E-state index contributed by atoms with van der Waals surface area (Å²) < 4.78 is 10.5. The van der Waals surface area contributed by atoms with Crippen molar-refractivity contribution >= 4 is 12.2 Å². The molecule has 1 rings (SSSR count). The molecule has 0 aromatic carbocycles. The Kier molecular flexibility index (Phi) is 6.04. The van der Waals surface area contributed by atoms with Crippen LogP contribution in [0.25, 0.3) is 5.53 Å². The van der Waals surface area contributed by atoms with Crippen molar-refractivity contribution in [3.8, 4) is 0 Å². The zero-order valence-corrected chi connectivity index (χ0v) is 10.1. The fraction of sp³-hybridized carbons (Fsp3) is 0.667. The van der Waals surface area contributed by atoms with Crippen LogP contribution in [-0.4, -0.2) is 29.7 Å². The predicted octanol–water partition coefficient (Wildman–Crippen LogP) is 2.08. The molecule has 0 aromatic rings. The summed E-state index contributed by atoms with van der Waals surface area (Å²) in [5, 5.41) is 0. The number of rotatable bonds is 6. The zero-order chi connectivity index (χ0) is 12.5. The first-order valence-corrected chi connectivity index (χ1v) is 5.92. The van der Waals surface area contributed by atoms with E-state index in [0.717, 1.165) is 24.8 Å². The highest BCUT2D eigenvalue weighted by atomic mass is 16.5. The third-order valence-electron chi connectivity index (χ3n) is 2.53. The minimum absolute atomic E-state index is 0.0261. The van der Waals surface area contributed by atoms with E-state index >= 15 is 0 Å². The lowest BCUT2D eigenvalue weighted by molar-refractivity contribution is -0.139. The molecule has 0 bridgehead atoms. The third kappa shape index (κ3) is 5.88. The number of carbonyl (C=O) groups is 1. The molecule has 0 radical (unpaired) electrons. The fourth-order valence-corrected chi connectivity index (χ4v) is 1.64. The number of nitrogens with zero attached hydrogens (tertiary/aromatic N) is 2. The van der Waals surface area contributed by atoms with Gasteiger partial charge < -0.3 is 15.0 Å². The summed E-state index contributed by atoms with van der Waals surface area (Å²) in [7, 11) is 0. The summed E-state index contributed by atoms with van der Waals surface area (Å²) >= 11 is 0. The van der Waals surface area contributed by atoms with Crippen LogP contribution in [0.4, 0.5) is 0 Å². The molecule has 1 aliphatic carbocycles.